The molecule has 0 saturated heterocycles. The molecule has 1 aromatic heterocycles. The highest BCUT2D eigenvalue weighted by molar-refractivity contribution is 5.98. The van der Waals surface area contributed by atoms with Gasteiger partial charge in [-0.15, -0.1) is 0 Å². The van der Waals surface area contributed by atoms with Gasteiger partial charge in [-0.2, -0.15) is 0 Å². The molecule has 1 atom stereocenters. The Morgan fingerprint density at radius 1 is 1.39 bits per heavy atom. The lowest BCUT2D eigenvalue weighted by Gasteiger charge is -2.13. The number of nitrogens with two attached hydrogens (primary N) is 1. The van der Waals surface area contributed by atoms with Gasteiger partial charge in [0.1, 0.15) is 0 Å². The summed E-state index contributed by atoms with van der Waals surface area (Å²) in [6.45, 7) is 0.570. The predicted octanol–water partition coefficient (Wildman–Crippen LogP) is 2.00. The third kappa shape index (κ3) is 2.11. The Kier molecular flexibility index (Phi) is 2.80. The molecule has 94 valence electrons. The van der Waals surface area contributed by atoms with E-state index in [-0.39, 0.29) is 6.10 Å². The van der Waals surface area contributed by atoms with Crippen LogP contribution in [0.4, 0.5) is 11.4 Å². The fourth-order valence-corrected chi connectivity index (χ4v) is 2.20. The topological polar surface area (TPSA) is 71.2 Å². The van der Waals surface area contributed by atoms with E-state index in [0.717, 1.165) is 35.1 Å². The summed E-state index contributed by atoms with van der Waals surface area (Å²) >= 11 is 0. The highest BCUT2D eigenvalue weighted by Crippen LogP contribution is 2.33. The molecule has 0 spiro atoms. The van der Waals surface area contributed by atoms with Gasteiger partial charge in [0.15, 0.2) is 0 Å². The monoisotopic (exact) mass is 243 g/mol. The van der Waals surface area contributed by atoms with Gasteiger partial charge in [-0.3, -0.25) is 4.98 Å². The first kappa shape index (κ1) is 11.3. The van der Waals surface area contributed by atoms with Gasteiger partial charge < -0.3 is 16.2 Å². The zero-order chi connectivity index (χ0) is 12.5. The standard InChI is InChI=1S/C14H17N3O/c15-11-5-6-12(14-10(11)2-1-7-16-14)17-8-13(18)9-3-4-9/h1-2,5-7,9,13,17-18H,3-4,8,15H2. The molecule has 0 amide bonds. The third-order valence-corrected chi connectivity index (χ3v) is 3.47. The van der Waals surface area contributed by atoms with Crippen LogP contribution in [-0.2, 0) is 0 Å². The number of hydrogen-bond donors (Lipinski definition) is 3. The summed E-state index contributed by atoms with van der Waals surface area (Å²) < 4.78 is 0. The van der Waals surface area contributed by atoms with Crippen LogP contribution in [0.3, 0.4) is 0 Å². The van der Waals surface area contributed by atoms with Gasteiger partial charge in [-0.1, -0.05) is 0 Å². The molecule has 1 fully saturated rings. The maximum atomic E-state index is 9.87. The second kappa shape index (κ2) is 4.46. The van der Waals surface area contributed by atoms with Crippen LogP contribution in [-0.4, -0.2) is 22.7 Å². The molecule has 0 radical (unpaired) electrons. The van der Waals surface area contributed by atoms with Crippen LogP contribution in [0.1, 0.15) is 12.8 Å². The molecule has 3 rings (SSSR count). The van der Waals surface area contributed by atoms with Crippen molar-refractivity contribution < 1.29 is 5.11 Å². The largest absolute Gasteiger partial charge is 0.398 e. The Hall–Kier alpha value is -1.81. The summed E-state index contributed by atoms with van der Waals surface area (Å²) in [4.78, 5) is 4.36. The lowest BCUT2D eigenvalue weighted by Crippen LogP contribution is -2.21. The number of nitrogen functional groups attached to an aromatic ring is 1. The summed E-state index contributed by atoms with van der Waals surface area (Å²) in [6, 6.07) is 7.63. The second-order valence-electron chi connectivity index (χ2n) is 4.89. The average molecular weight is 243 g/mol. The number of benzene rings is 1. The number of anilines is 2. The number of aliphatic hydroxyl groups is 1. The van der Waals surface area contributed by atoms with Crippen molar-refractivity contribution in [3.63, 3.8) is 0 Å². The van der Waals surface area contributed by atoms with Gasteiger partial charge in [0.25, 0.3) is 0 Å². The van der Waals surface area contributed by atoms with E-state index < -0.39 is 0 Å². The Morgan fingerprint density at radius 2 is 2.22 bits per heavy atom. The molecule has 4 nitrogen and oxygen atoms in total. The molecule has 0 bridgehead atoms. The Morgan fingerprint density at radius 3 is 3.00 bits per heavy atom. The highest BCUT2D eigenvalue weighted by atomic mass is 16.3. The smallest absolute Gasteiger partial charge is 0.0953 e. The molecule has 1 saturated carbocycles. The third-order valence-electron chi connectivity index (χ3n) is 3.47. The van der Waals surface area contributed by atoms with E-state index in [2.05, 4.69) is 10.3 Å². The molecule has 1 unspecified atom stereocenters. The minimum atomic E-state index is -0.263. The van der Waals surface area contributed by atoms with Crippen molar-refractivity contribution in [2.75, 3.05) is 17.6 Å². The van der Waals surface area contributed by atoms with Crippen LogP contribution < -0.4 is 11.1 Å². The van der Waals surface area contributed by atoms with Crippen molar-refractivity contribution in [1.29, 1.82) is 0 Å². The van der Waals surface area contributed by atoms with Crippen molar-refractivity contribution in [3.8, 4) is 0 Å². The van der Waals surface area contributed by atoms with Gasteiger partial charge in [0, 0.05) is 23.8 Å². The van der Waals surface area contributed by atoms with Gasteiger partial charge in [0.05, 0.1) is 17.3 Å². The van der Waals surface area contributed by atoms with Gasteiger partial charge in [0.2, 0.25) is 0 Å². The fourth-order valence-electron chi connectivity index (χ4n) is 2.20. The fraction of sp³-hybridized carbons (Fsp3) is 0.357. The number of pyridine rings is 1. The van der Waals surface area contributed by atoms with E-state index in [9.17, 15) is 5.11 Å². The molecule has 2 aromatic rings. The first-order valence-corrected chi connectivity index (χ1v) is 6.31. The number of nitrogens with zero attached hydrogens (tertiary/aromatic N) is 1. The van der Waals surface area contributed by atoms with Crippen molar-refractivity contribution in [1.82, 2.24) is 4.98 Å². The summed E-state index contributed by atoms with van der Waals surface area (Å²) in [6.07, 6.45) is 3.78. The zero-order valence-corrected chi connectivity index (χ0v) is 10.1. The summed E-state index contributed by atoms with van der Waals surface area (Å²) in [5, 5.41) is 14.1. The van der Waals surface area contributed by atoms with Crippen LogP contribution >= 0.6 is 0 Å². The second-order valence-corrected chi connectivity index (χ2v) is 4.89. The number of aliphatic hydroxyl groups excluding tert-OH is 1. The lowest BCUT2D eigenvalue weighted by molar-refractivity contribution is 0.164. The summed E-state index contributed by atoms with van der Waals surface area (Å²) in [5.74, 6) is 0.477. The number of aromatic nitrogens is 1. The molecule has 1 aromatic carbocycles. The van der Waals surface area contributed by atoms with E-state index in [0.29, 0.717) is 12.5 Å². The highest BCUT2D eigenvalue weighted by Gasteiger charge is 2.29. The predicted molar refractivity (Wildman–Crippen MR) is 73.4 cm³/mol. The number of rotatable bonds is 4. The van der Waals surface area contributed by atoms with Crippen molar-refractivity contribution >= 4 is 22.3 Å². The van der Waals surface area contributed by atoms with Crippen LogP contribution in [0.15, 0.2) is 30.5 Å². The molecule has 4 heteroatoms. The minimum Gasteiger partial charge on any atom is -0.398 e. The molecule has 1 heterocycles. The van der Waals surface area contributed by atoms with Gasteiger partial charge in [-0.05, 0) is 43.0 Å². The Labute approximate surface area is 106 Å². The van der Waals surface area contributed by atoms with E-state index in [1.165, 1.54) is 0 Å². The van der Waals surface area contributed by atoms with E-state index in [1.807, 2.05) is 24.3 Å². The van der Waals surface area contributed by atoms with Crippen molar-refractivity contribution in [2.24, 2.45) is 5.92 Å². The van der Waals surface area contributed by atoms with Gasteiger partial charge in [-0.25, -0.2) is 0 Å². The van der Waals surface area contributed by atoms with Crippen LogP contribution in [0.2, 0.25) is 0 Å². The molecule has 1 aliphatic carbocycles. The molecular weight excluding hydrogens is 226 g/mol. The summed E-state index contributed by atoms with van der Waals surface area (Å²) in [5.41, 5.74) is 8.44. The van der Waals surface area contributed by atoms with Crippen LogP contribution in [0.5, 0.6) is 0 Å². The lowest BCUT2D eigenvalue weighted by atomic mass is 10.1. The first-order chi connectivity index (χ1) is 8.75. The van der Waals surface area contributed by atoms with E-state index in [4.69, 9.17) is 5.73 Å². The summed E-state index contributed by atoms with van der Waals surface area (Å²) in [7, 11) is 0. The average Bonchev–Trinajstić information content (AvgIpc) is 3.22. The van der Waals surface area contributed by atoms with Crippen molar-refractivity contribution in [2.45, 2.75) is 18.9 Å². The quantitative estimate of drug-likeness (QED) is 0.718. The van der Waals surface area contributed by atoms with Crippen LogP contribution in [0.25, 0.3) is 10.9 Å². The first-order valence-electron chi connectivity index (χ1n) is 6.31. The number of nitrogens with one attached hydrogen (secondary N) is 1. The maximum Gasteiger partial charge on any atom is 0.0953 e. The number of hydrogen-bond acceptors (Lipinski definition) is 4. The number of fused-ring (bicyclic) bond motifs is 1. The SMILES string of the molecule is Nc1ccc(NCC(O)C2CC2)c2ncccc12. The minimum absolute atomic E-state index is 0.263. The van der Waals surface area contributed by atoms with Gasteiger partial charge >= 0.3 is 0 Å². The molecular formula is C14H17N3O. The molecule has 0 aliphatic heterocycles. The molecule has 1 aliphatic rings. The zero-order valence-electron chi connectivity index (χ0n) is 10.1. The Bertz CT molecular complexity index is 566. The molecule has 4 N–H and O–H groups in total. The van der Waals surface area contributed by atoms with E-state index >= 15 is 0 Å². The Balaban J connectivity index is 1.85. The molecule has 18 heavy (non-hydrogen) atoms. The maximum absolute atomic E-state index is 9.87. The van der Waals surface area contributed by atoms with E-state index in [1.54, 1.807) is 6.20 Å². The van der Waals surface area contributed by atoms with Crippen molar-refractivity contribution in [3.05, 3.63) is 30.5 Å². The normalized spacial score (nSPS) is 16.7. The van der Waals surface area contributed by atoms with Crippen LogP contribution in [0, 0.1) is 5.92 Å².